The van der Waals surface area contributed by atoms with E-state index >= 15 is 0 Å². The van der Waals surface area contributed by atoms with E-state index in [2.05, 4.69) is 34.6 Å². The van der Waals surface area contributed by atoms with Gasteiger partial charge in [0.05, 0.1) is 27.7 Å². The van der Waals surface area contributed by atoms with Gasteiger partial charge in [-0.05, 0) is 41.5 Å². The lowest BCUT2D eigenvalue weighted by Gasteiger charge is -2.19. The normalized spacial score (nSPS) is 12.7. The van der Waals surface area contributed by atoms with Crippen molar-refractivity contribution in [3.05, 3.63) is 120 Å². The summed E-state index contributed by atoms with van der Waals surface area (Å²) in [5.74, 6) is 0.220. The topological polar surface area (TPSA) is 67.8 Å². The van der Waals surface area contributed by atoms with Crippen LogP contribution in [0.4, 0.5) is 0 Å². The number of thioether (sulfide) groups is 1. The van der Waals surface area contributed by atoms with Gasteiger partial charge in [-0.15, -0.1) is 11.3 Å². The molecule has 0 radical (unpaired) electrons. The molecule has 0 bridgehead atoms. The van der Waals surface area contributed by atoms with Crippen LogP contribution < -0.4 is 5.32 Å². The Hall–Kier alpha value is -4.07. The molecule has 0 spiro atoms. The Morgan fingerprint density at radius 3 is 2.20 bits per heavy atom. The molecular weight excluding hydrogens is 533 g/mol. The number of carbonyl (C=O) groups excluding carboxylic acids is 1. The average Bonchev–Trinajstić information content (AvgIpc) is 3.65. The van der Waals surface area contributed by atoms with Crippen LogP contribution in [0.25, 0.3) is 31.7 Å². The molecule has 3 aromatic carbocycles. The van der Waals surface area contributed by atoms with E-state index in [1.165, 1.54) is 22.9 Å². The second kappa shape index (κ2) is 10.8. The molecule has 0 saturated carbocycles. The summed E-state index contributed by atoms with van der Waals surface area (Å²) in [5, 5.41) is 5.23. The van der Waals surface area contributed by atoms with E-state index in [9.17, 15) is 4.79 Å². The van der Waals surface area contributed by atoms with Crippen LogP contribution in [-0.4, -0.2) is 26.6 Å². The maximum atomic E-state index is 13.3. The highest BCUT2D eigenvalue weighted by Gasteiger charge is 2.25. The van der Waals surface area contributed by atoms with Crippen molar-refractivity contribution in [2.75, 3.05) is 5.75 Å². The van der Waals surface area contributed by atoms with Crippen LogP contribution in [0.2, 0.25) is 0 Å². The van der Waals surface area contributed by atoms with Crippen molar-refractivity contribution >= 4 is 49.4 Å². The highest BCUT2D eigenvalue weighted by molar-refractivity contribution is 8.00. The minimum atomic E-state index is -0.214. The van der Waals surface area contributed by atoms with E-state index in [1.54, 1.807) is 17.7 Å². The quantitative estimate of drug-likeness (QED) is 0.163. The highest BCUT2D eigenvalue weighted by atomic mass is 32.2. The maximum absolute atomic E-state index is 13.3. The SMILES string of the molecule is O=C(CSc1ncnc2c1sc1nc(-c3ccccc3)c3c(c12)CCC3)NC(c1ccccc1)c1ccccc1. The average molecular weight is 559 g/mol. The van der Waals surface area contributed by atoms with Crippen molar-refractivity contribution in [1.82, 2.24) is 20.3 Å². The second-order valence-corrected chi connectivity index (χ2v) is 11.8. The largest absolute Gasteiger partial charge is 0.344 e. The van der Waals surface area contributed by atoms with Crippen LogP contribution in [0.5, 0.6) is 0 Å². The third-order valence-corrected chi connectivity index (χ3v) is 9.60. The summed E-state index contributed by atoms with van der Waals surface area (Å²) in [4.78, 5) is 28.7. The summed E-state index contributed by atoms with van der Waals surface area (Å²) >= 11 is 3.09. The Morgan fingerprint density at radius 1 is 0.850 bits per heavy atom. The van der Waals surface area contributed by atoms with E-state index in [4.69, 9.17) is 9.97 Å². The van der Waals surface area contributed by atoms with Crippen LogP contribution in [0, 0.1) is 0 Å². The number of carbonyl (C=O) groups is 1. The molecule has 0 fully saturated rings. The lowest BCUT2D eigenvalue weighted by atomic mass is 9.99. The van der Waals surface area contributed by atoms with Crippen molar-refractivity contribution in [1.29, 1.82) is 0 Å². The number of amides is 1. The zero-order valence-corrected chi connectivity index (χ0v) is 23.3. The first-order chi connectivity index (χ1) is 19.8. The lowest BCUT2D eigenvalue weighted by Crippen LogP contribution is -2.30. The van der Waals surface area contributed by atoms with Gasteiger partial charge in [-0.3, -0.25) is 4.79 Å². The van der Waals surface area contributed by atoms with Gasteiger partial charge in [0.1, 0.15) is 16.2 Å². The molecular formula is C33H26N4OS2. The van der Waals surface area contributed by atoms with Gasteiger partial charge < -0.3 is 5.32 Å². The molecule has 7 rings (SSSR count). The molecule has 196 valence electrons. The van der Waals surface area contributed by atoms with Gasteiger partial charge in [0.2, 0.25) is 5.91 Å². The number of hydrogen-bond donors (Lipinski definition) is 1. The molecule has 6 aromatic rings. The number of aromatic nitrogens is 3. The summed E-state index contributed by atoms with van der Waals surface area (Å²) < 4.78 is 1.00. The van der Waals surface area contributed by atoms with E-state index in [1.807, 2.05) is 66.7 Å². The number of fused-ring (bicyclic) bond motifs is 5. The number of nitrogens with zero attached hydrogens (tertiary/aromatic N) is 3. The molecule has 0 atom stereocenters. The fourth-order valence-electron chi connectivity index (χ4n) is 5.60. The summed E-state index contributed by atoms with van der Waals surface area (Å²) in [6.45, 7) is 0. The van der Waals surface area contributed by atoms with Crippen molar-refractivity contribution in [3.63, 3.8) is 0 Å². The molecule has 5 nitrogen and oxygen atoms in total. The van der Waals surface area contributed by atoms with Crippen LogP contribution >= 0.6 is 23.1 Å². The van der Waals surface area contributed by atoms with Gasteiger partial charge in [0.15, 0.2) is 0 Å². The van der Waals surface area contributed by atoms with Crippen LogP contribution in [0.1, 0.15) is 34.7 Å². The Bertz CT molecular complexity index is 1780. The van der Waals surface area contributed by atoms with Crippen molar-refractivity contribution in [2.24, 2.45) is 0 Å². The van der Waals surface area contributed by atoms with Crippen molar-refractivity contribution in [2.45, 2.75) is 30.3 Å². The molecule has 1 aliphatic rings. The zero-order chi connectivity index (χ0) is 26.9. The smallest absolute Gasteiger partial charge is 0.231 e. The van der Waals surface area contributed by atoms with E-state index in [-0.39, 0.29) is 17.7 Å². The molecule has 1 aliphatic carbocycles. The predicted octanol–water partition coefficient (Wildman–Crippen LogP) is 7.39. The molecule has 3 heterocycles. The lowest BCUT2D eigenvalue weighted by molar-refractivity contribution is -0.119. The van der Waals surface area contributed by atoms with Gasteiger partial charge >= 0.3 is 0 Å². The van der Waals surface area contributed by atoms with Crippen molar-refractivity contribution in [3.8, 4) is 11.3 Å². The summed E-state index contributed by atoms with van der Waals surface area (Å²) in [6, 6.07) is 30.4. The Balaban J connectivity index is 1.19. The third-order valence-electron chi connectivity index (χ3n) is 7.40. The first-order valence-electron chi connectivity index (χ1n) is 13.4. The van der Waals surface area contributed by atoms with Crippen LogP contribution in [0.3, 0.4) is 0 Å². The van der Waals surface area contributed by atoms with Gasteiger partial charge in [-0.1, -0.05) is 103 Å². The Kier molecular flexibility index (Phi) is 6.75. The number of hydrogen-bond acceptors (Lipinski definition) is 6. The van der Waals surface area contributed by atoms with Gasteiger partial charge in [-0.25, -0.2) is 15.0 Å². The predicted molar refractivity (Wildman–Crippen MR) is 164 cm³/mol. The van der Waals surface area contributed by atoms with Crippen LogP contribution in [-0.2, 0) is 17.6 Å². The number of benzene rings is 3. The molecule has 3 aromatic heterocycles. The Labute approximate surface area is 240 Å². The molecule has 0 unspecified atom stereocenters. The summed E-state index contributed by atoms with van der Waals surface area (Å²) in [7, 11) is 0. The van der Waals surface area contributed by atoms with Gasteiger partial charge in [0.25, 0.3) is 0 Å². The van der Waals surface area contributed by atoms with Crippen molar-refractivity contribution < 1.29 is 4.79 Å². The van der Waals surface area contributed by atoms with E-state index < -0.39 is 0 Å². The highest BCUT2D eigenvalue weighted by Crippen LogP contribution is 2.43. The van der Waals surface area contributed by atoms with E-state index in [0.29, 0.717) is 0 Å². The van der Waals surface area contributed by atoms with Crippen LogP contribution in [0.15, 0.2) is 102 Å². The zero-order valence-electron chi connectivity index (χ0n) is 21.7. The molecule has 40 heavy (non-hydrogen) atoms. The number of pyridine rings is 1. The number of nitrogens with one attached hydrogen (secondary N) is 1. The number of thiophene rings is 1. The molecule has 1 amide bonds. The minimum absolute atomic E-state index is 0.0408. The molecule has 0 aliphatic heterocycles. The molecule has 1 N–H and O–H groups in total. The summed E-state index contributed by atoms with van der Waals surface area (Å²) in [6.07, 6.45) is 4.83. The first kappa shape index (κ1) is 24.9. The third kappa shape index (κ3) is 4.65. The fraction of sp³-hybridized carbons (Fsp3) is 0.152. The molecule has 7 heteroatoms. The first-order valence-corrected chi connectivity index (χ1v) is 15.2. The monoisotopic (exact) mass is 558 g/mol. The minimum Gasteiger partial charge on any atom is -0.344 e. The van der Waals surface area contributed by atoms with Gasteiger partial charge in [-0.2, -0.15) is 0 Å². The van der Waals surface area contributed by atoms with Gasteiger partial charge in [0, 0.05) is 10.9 Å². The number of aryl methyl sites for hydroxylation is 1. The maximum Gasteiger partial charge on any atom is 0.231 e. The second-order valence-electron chi connectivity index (χ2n) is 9.89. The number of rotatable bonds is 7. The molecule has 0 saturated heterocycles. The van der Waals surface area contributed by atoms with E-state index in [0.717, 1.165) is 67.1 Å². The summed E-state index contributed by atoms with van der Waals surface area (Å²) in [5.41, 5.74) is 8.01. The standard InChI is InChI=1S/C33H26N4OS2/c38-26(36-28(21-11-4-1-5-12-21)22-13-6-2-7-14-22)19-39-33-31-30(34-20-35-33)27-24-17-10-18-25(24)29(37-32(27)40-31)23-15-8-3-9-16-23/h1-9,11-16,20,28H,10,17-19H2,(H,36,38). The fourth-order valence-corrected chi connectivity index (χ4v) is 7.65. The Morgan fingerprint density at radius 2 is 1.50 bits per heavy atom.